The number of nitro benzene ring substituents is 1. The molecule has 0 radical (unpaired) electrons. The Kier molecular flexibility index (Phi) is 3.43. The van der Waals surface area contributed by atoms with Crippen molar-refractivity contribution >= 4 is 11.4 Å². The van der Waals surface area contributed by atoms with E-state index in [9.17, 15) is 10.1 Å². The van der Waals surface area contributed by atoms with Crippen molar-refractivity contribution in [1.29, 1.82) is 0 Å². The molecule has 0 atom stereocenters. The molecule has 5 heteroatoms. The van der Waals surface area contributed by atoms with Crippen molar-refractivity contribution in [2.45, 2.75) is 6.54 Å². The monoisotopic (exact) mass is 244 g/mol. The van der Waals surface area contributed by atoms with Crippen LogP contribution in [0.5, 0.6) is 5.75 Å². The molecular formula is C13H12N2O3. The number of phenolic OH excluding ortho intramolecular Hbond substituents is 1. The largest absolute Gasteiger partial charge is 0.508 e. The summed E-state index contributed by atoms with van der Waals surface area (Å²) < 4.78 is 0. The van der Waals surface area contributed by atoms with Crippen LogP contribution in [-0.2, 0) is 6.54 Å². The maximum Gasteiger partial charge on any atom is 0.269 e. The number of aromatic hydroxyl groups is 1. The molecule has 0 aliphatic rings. The average molecular weight is 244 g/mol. The number of phenols is 1. The van der Waals surface area contributed by atoms with E-state index in [4.69, 9.17) is 5.11 Å². The fraction of sp³-hybridized carbons (Fsp3) is 0.0769. The lowest BCUT2D eigenvalue weighted by Gasteiger charge is -2.06. The van der Waals surface area contributed by atoms with Crippen LogP contribution in [0.1, 0.15) is 5.56 Å². The predicted octanol–water partition coefficient (Wildman–Crippen LogP) is 2.91. The number of nitrogens with one attached hydrogen (secondary N) is 1. The second-order valence-corrected chi connectivity index (χ2v) is 3.82. The molecular weight excluding hydrogens is 232 g/mol. The van der Waals surface area contributed by atoms with Gasteiger partial charge in [0.2, 0.25) is 0 Å². The van der Waals surface area contributed by atoms with Crippen LogP contribution in [-0.4, -0.2) is 10.0 Å². The Bertz CT molecular complexity index is 535. The maximum absolute atomic E-state index is 10.5. The molecule has 0 amide bonds. The highest BCUT2D eigenvalue weighted by Crippen LogP contribution is 2.16. The number of non-ortho nitro benzene ring substituents is 1. The van der Waals surface area contributed by atoms with Gasteiger partial charge in [-0.2, -0.15) is 0 Å². The van der Waals surface area contributed by atoms with Gasteiger partial charge >= 0.3 is 0 Å². The first-order chi connectivity index (χ1) is 8.65. The van der Waals surface area contributed by atoms with E-state index in [1.165, 1.54) is 12.1 Å². The highest BCUT2D eigenvalue weighted by molar-refractivity contribution is 5.46. The van der Waals surface area contributed by atoms with E-state index in [1.54, 1.807) is 36.4 Å². The van der Waals surface area contributed by atoms with Crippen molar-refractivity contribution in [3.05, 3.63) is 64.2 Å². The lowest BCUT2D eigenvalue weighted by Crippen LogP contribution is -1.99. The van der Waals surface area contributed by atoms with Gasteiger partial charge in [0.25, 0.3) is 5.69 Å². The highest BCUT2D eigenvalue weighted by atomic mass is 16.6. The number of hydrogen-bond donors (Lipinski definition) is 2. The van der Waals surface area contributed by atoms with Crippen molar-refractivity contribution in [3.63, 3.8) is 0 Å². The summed E-state index contributed by atoms with van der Waals surface area (Å²) in [4.78, 5) is 10.1. The zero-order valence-corrected chi connectivity index (χ0v) is 9.54. The van der Waals surface area contributed by atoms with E-state index in [1.807, 2.05) is 0 Å². The molecule has 92 valence electrons. The Hall–Kier alpha value is -2.56. The number of rotatable bonds is 4. The van der Waals surface area contributed by atoms with Gasteiger partial charge < -0.3 is 10.4 Å². The Morgan fingerprint density at radius 2 is 1.67 bits per heavy atom. The minimum atomic E-state index is -0.419. The molecule has 0 bridgehead atoms. The molecule has 0 aromatic heterocycles. The van der Waals surface area contributed by atoms with Crippen molar-refractivity contribution < 1.29 is 10.0 Å². The molecule has 2 rings (SSSR count). The fourth-order valence-electron chi connectivity index (χ4n) is 1.52. The quantitative estimate of drug-likeness (QED) is 0.492. The molecule has 0 aliphatic heterocycles. The SMILES string of the molecule is O=[N+]([O-])c1ccc(CNc2ccc(O)cc2)cc1. The van der Waals surface area contributed by atoms with Crippen molar-refractivity contribution in [3.8, 4) is 5.75 Å². The number of nitro groups is 1. The zero-order valence-electron chi connectivity index (χ0n) is 9.54. The molecule has 0 saturated heterocycles. The summed E-state index contributed by atoms with van der Waals surface area (Å²) in [5, 5.41) is 22.8. The molecule has 2 aromatic rings. The molecule has 5 nitrogen and oxygen atoms in total. The van der Waals surface area contributed by atoms with Gasteiger partial charge in [-0.15, -0.1) is 0 Å². The first-order valence-electron chi connectivity index (χ1n) is 5.41. The molecule has 2 N–H and O–H groups in total. The van der Waals surface area contributed by atoms with E-state index in [0.29, 0.717) is 6.54 Å². The zero-order chi connectivity index (χ0) is 13.0. The summed E-state index contributed by atoms with van der Waals surface area (Å²) in [5.41, 5.74) is 1.92. The highest BCUT2D eigenvalue weighted by Gasteiger charge is 2.03. The summed E-state index contributed by atoms with van der Waals surface area (Å²) in [6, 6.07) is 13.1. The minimum absolute atomic E-state index is 0.0865. The van der Waals surface area contributed by atoms with Crippen LogP contribution >= 0.6 is 0 Å². The normalized spacial score (nSPS) is 10.0. The Labute approximate surface area is 104 Å². The van der Waals surface area contributed by atoms with E-state index in [0.717, 1.165) is 11.3 Å². The Morgan fingerprint density at radius 3 is 2.22 bits per heavy atom. The number of anilines is 1. The third-order valence-corrected chi connectivity index (χ3v) is 2.51. The standard InChI is InChI=1S/C13H12N2O3/c16-13-7-3-11(4-8-13)14-9-10-1-5-12(6-2-10)15(17)18/h1-8,14,16H,9H2. The van der Waals surface area contributed by atoms with E-state index in [2.05, 4.69) is 5.32 Å². The Balaban J connectivity index is 1.97. The van der Waals surface area contributed by atoms with E-state index in [-0.39, 0.29) is 11.4 Å². The topological polar surface area (TPSA) is 75.4 Å². The number of benzene rings is 2. The first kappa shape index (κ1) is 11.9. The first-order valence-corrected chi connectivity index (χ1v) is 5.41. The molecule has 0 saturated carbocycles. The molecule has 0 fully saturated rings. The maximum atomic E-state index is 10.5. The molecule has 0 unspecified atom stereocenters. The van der Waals surface area contributed by atoms with Crippen LogP contribution in [0.15, 0.2) is 48.5 Å². The third-order valence-electron chi connectivity index (χ3n) is 2.51. The average Bonchev–Trinajstić information content (AvgIpc) is 2.38. The second-order valence-electron chi connectivity index (χ2n) is 3.82. The van der Waals surface area contributed by atoms with E-state index >= 15 is 0 Å². The van der Waals surface area contributed by atoms with Crippen molar-refractivity contribution in [2.24, 2.45) is 0 Å². The minimum Gasteiger partial charge on any atom is -0.508 e. The molecule has 18 heavy (non-hydrogen) atoms. The van der Waals surface area contributed by atoms with Crippen LogP contribution in [0.4, 0.5) is 11.4 Å². The van der Waals surface area contributed by atoms with Crippen LogP contribution in [0.3, 0.4) is 0 Å². The summed E-state index contributed by atoms with van der Waals surface area (Å²) in [7, 11) is 0. The summed E-state index contributed by atoms with van der Waals surface area (Å²) in [6.07, 6.45) is 0. The molecule has 0 spiro atoms. The van der Waals surface area contributed by atoms with Crippen LogP contribution in [0.2, 0.25) is 0 Å². The fourth-order valence-corrected chi connectivity index (χ4v) is 1.52. The van der Waals surface area contributed by atoms with Gasteiger partial charge in [0, 0.05) is 24.4 Å². The lowest BCUT2D eigenvalue weighted by atomic mass is 10.2. The van der Waals surface area contributed by atoms with Crippen LogP contribution in [0, 0.1) is 10.1 Å². The van der Waals surface area contributed by atoms with Crippen molar-refractivity contribution in [1.82, 2.24) is 0 Å². The smallest absolute Gasteiger partial charge is 0.269 e. The predicted molar refractivity (Wildman–Crippen MR) is 68.5 cm³/mol. The third kappa shape index (κ3) is 2.98. The van der Waals surface area contributed by atoms with Gasteiger partial charge in [0.1, 0.15) is 5.75 Å². The second kappa shape index (κ2) is 5.18. The molecule has 0 heterocycles. The Morgan fingerprint density at radius 1 is 1.06 bits per heavy atom. The van der Waals surface area contributed by atoms with Gasteiger partial charge in [0.05, 0.1) is 4.92 Å². The lowest BCUT2D eigenvalue weighted by molar-refractivity contribution is -0.384. The van der Waals surface area contributed by atoms with Gasteiger partial charge in [-0.3, -0.25) is 10.1 Å². The van der Waals surface area contributed by atoms with Crippen LogP contribution < -0.4 is 5.32 Å². The van der Waals surface area contributed by atoms with Gasteiger partial charge in [-0.05, 0) is 29.8 Å². The van der Waals surface area contributed by atoms with Crippen molar-refractivity contribution in [2.75, 3.05) is 5.32 Å². The molecule has 2 aromatic carbocycles. The van der Waals surface area contributed by atoms with Gasteiger partial charge in [0.15, 0.2) is 0 Å². The van der Waals surface area contributed by atoms with Gasteiger partial charge in [-0.1, -0.05) is 12.1 Å². The number of hydrogen-bond acceptors (Lipinski definition) is 4. The molecule has 0 aliphatic carbocycles. The summed E-state index contributed by atoms with van der Waals surface area (Å²) in [5.74, 6) is 0.218. The van der Waals surface area contributed by atoms with E-state index < -0.39 is 4.92 Å². The number of nitrogens with zero attached hydrogens (tertiary/aromatic N) is 1. The van der Waals surface area contributed by atoms with Gasteiger partial charge in [-0.25, -0.2) is 0 Å². The summed E-state index contributed by atoms with van der Waals surface area (Å²) in [6.45, 7) is 0.572. The van der Waals surface area contributed by atoms with Crippen LogP contribution in [0.25, 0.3) is 0 Å². The summed E-state index contributed by atoms with van der Waals surface area (Å²) >= 11 is 0.